The summed E-state index contributed by atoms with van der Waals surface area (Å²) in [5.74, 6) is -0.315. The number of rotatable bonds is 2. The Morgan fingerprint density at radius 2 is 2.05 bits per heavy atom. The van der Waals surface area contributed by atoms with Crippen LogP contribution in [0.4, 0.5) is 10.1 Å². The van der Waals surface area contributed by atoms with Crippen LogP contribution in [0.3, 0.4) is 0 Å². The monoisotopic (exact) mass is 308 g/mol. The molecule has 0 bridgehead atoms. The van der Waals surface area contributed by atoms with Crippen LogP contribution < -0.4 is 4.90 Å². The molecule has 22 heavy (non-hydrogen) atoms. The van der Waals surface area contributed by atoms with Crippen molar-refractivity contribution in [3.8, 4) is 0 Å². The van der Waals surface area contributed by atoms with Gasteiger partial charge in [-0.1, -0.05) is 6.07 Å². The topological polar surface area (TPSA) is 53.0 Å². The van der Waals surface area contributed by atoms with Crippen molar-refractivity contribution in [2.24, 2.45) is 0 Å². The number of anilines is 1. The molecule has 6 heteroatoms. The molecular formula is C16H21FN2O3. The number of aliphatic hydroxyl groups excluding tert-OH is 1. The molecule has 5 nitrogen and oxygen atoms in total. The molecule has 3 rings (SSSR count). The third-order valence-electron chi connectivity index (χ3n) is 4.29. The highest BCUT2D eigenvalue weighted by molar-refractivity contribution is 5.82. The van der Waals surface area contributed by atoms with Crippen LogP contribution in [0.1, 0.15) is 12.8 Å². The van der Waals surface area contributed by atoms with Crippen LogP contribution in [-0.4, -0.2) is 60.9 Å². The Kier molecular flexibility index (Phi) is 4.59. The van der Waals surface area contributed by atoms with Gasteiger partial charge in [0, 0.05) is 25.3 Å². The minimum Gasteiger partial charge on any atom is -0.393 e. The van der Waals surface area contributed by atoms with E-state index in [-0.39, 0.29) is 17.8 Å². The summed E-state index contributed by atoms with van der Waals surface area (Å²) in [6, 6.07) is 6.39. The Balaban J connectivity index is 1.64. The van der Waals surface area contributed by atoms with Gasteiger partial charge in [0.25, 0.3) is 5.91 Å². The number of halogens is 1. The lowest BCUT2D eigenvalue weighted by molar-refractivity contribution is -0.146. The quantitative estimate of drug-likeness (QED) is 0.886. The molecule has 120 valence electrons. The number of ether oxygens (including phenoxy) is 1. The maximum Gasteiger partial charge on any atom is 0.253 e. The number of hydrogen-bond donors (Lipinski definition) is 1. The van der Waals surface area contributed by atoms with Gasteiger partial charge in [-0.05, 0) is 31.0 Å². The highest BCUT2D eigenvalue weighted by Crippen LogP contribution is 2.20. The smallest absolute Gasteiger partial charge is 0.253 e. The van der Waals surface area contributed by atoms with E-state index in [1.165, 1.54) is 12.1 Å². The predicted octanol–water partition coefficient (Wildman–Crippen LogP) is 1.01. The van der Waals surface area contributed by atoms with Crippen molar-refractivity contribution in [2.45, 2.75) is 25.0 Å². The fourth-order valence-corrected chi connectivity index (χ4v) is 3.00. The average molecular weight is 308 g/mol. The second-order valence-electron chi connectivity index (χ2n) is 5.84. The first-order chi connectivity index (χ1) is 10.6. The van der Waals surface area contributed by atoms with Gasteiger partial charge in [-0.3, -0.25) is 4.79 Å². The Bertz CT molecular complexity index is 532. The fraction of sp³-hybridized carbons (Fsp3) is 0.562. The molecule has 2 aliphatic heterocycles. The van der Waals surface area contributed by atoms with Gasteiger partial charge in [0.2, 0.25) is 0 Å². The van der Waals surface area contributed by atoms with Crippen LogP contribution in [0.15, 0.2) is 24.3 Å². The summed E-state index contributed by atoms with van der Waals surface area (Å²) in [6.45, 7) is 2.66. The Hall–Kier alpha value is -1.66. The first-order valence-corrected chi connectivity index (χ1v) is 7.72. The van der Waals surface area contributed by atoms with Crippen molar-refractivity contribution in [3.05, 3.63) is 30.1 Å². The average Bonchev–Trinajstić information content (AvgIpc) is 2.55. The lowest BCUT2D eigenvalue weighted by Gasteiger charge is -2.37. The molecule has 1 aromatic rings. The molecule has 2 saturated heterocycles. The van der Waals surface area contributed by atoms with Gasteiger partial charge in [0.05, 0.1) is 19.3 Å². The molecular weight excluding hydrogens is 287 g/mol. The third kappa shape index (κ3) is 3.39. The first kappa shape index (κ1) is 15.2. The normalized spacial score (nSPS) is 23.6. The van der Waals surface area contributed by atoms with Crippen molar-refractivity contribution in [3.63, 3.8) is 0 Å². The summed E-state index contributed by atoms with van der Waals surface area (Å²) in [5.41, 5.74) is 0.773. The van der Waals surface area contributed by atoms with Gasteiger partial charge < -0.3 is 19.6 Å². The van der Waals surface area contributed by atoms with Crippen molar-refractivity contribution in [2.75, 3.05) is 37.7 Å². The second kappa shape index (κ2) is 6.62. The minimum absolute atomic E-state index is 0.0343. The number of morpholine rings is 1. The molecule has 0 spiro atoms. The molecule has 2 fully saturated rings. The van der Waals surface area contributed by atoms with E-state index in [9.17, 15) is 14.3 Å². The number of likely N-dealkylation sites (tertiary alicyclic amines) is 1. The molecule has 0 saturated carbocycles. The summed E-state index contributed by atoms with van der Waals surface area (Å²) in [4.78, 5) is 16.3. The van der Waals surface area contributed by atoms with Crippen molar-refractivity contribution < 1.29 is 19.0 Å². The Labute approximate surface area is 129 Å². The van der Waals surface area contributed by atoms with E-state index in [2.05, 4.69) is 0 Å². The largest absolute Gasteiger partial charge is 0.393 e. The summed E-state index contributed by atoms with van der Waals surface area (Å²) in [5, 5.41) is 9.52. The fourth-order valence-electron chi connectivity index (χ4n) is 3.00. The highest BCUT2D eigenvalue weighted by Gasteiger charge is 2.32. The number of carbonyl (C=O) groups is 1. The second-order valence-corrected chi connectivity index (χ2v) is 5.84. The van der Waals surface area contributed by atoms with Gasteiger partial charge in [0.15, 0.2) is 6.10 Å². The molecule has 2 aliphatic rings. The van der Waals surface area contributed by atoms with Crippen molar-refractivity contribution >= 4 is 11.6 Å². The van der Waals surface area contributed by atoms with E-state index in [1.807, 2.05) is 11.0 Å². The van der Waals surface area contributed by atoms with Gasteiger partial charge in [-0.15, -0.1) is 0 Å². The number of benzene rings is 1. The summed E-state index contributed by atoms with van der Waals surface area (Å²) in [6.07, 6.45) is 0.408. The van der Waals surface area contributed by atoms with Crippen molar-refractivity contribution in [1.82, 2.24) is 4.90 Å². The molecule has 1 N–H and O–H groups in total. The number of nitrogens with zero attached hydrogens (tertiary/aromatic N) is 2. The zero-order valence-corrected chi connectivity index (χ0v) is 12.4. The van der Waals surface area contributed by atoms with Crippen LogP contribution in [0, 0.1) is 5.82 Å². The van der Waals surface area contributed by atoms with Crippen LogP contribution in [-0.2, 0) is 9.53 Å². The van der Waals surface area contributed by atoms with Gasteiger partial charge in [-0.25, -0.2) is 4.39 Å². The van der Waals surface area contributed by atoms with Gasteiger partial charge in [-0.2, -0.15) is 0 Å². The maximum absolute atomic E-state index is 13.3. The molecule has 1 amide bonds. The molecule has 0 aliphatic carbocycles. The third-order valence-corrected chi connectivity index (χ3v) is 4.29. The van der Waals surface area contributed by atoms with Gasteiger partial charge in [0.1, 0.15) is 5.82 Å². The van der Waals surface area contributed by atoms with Crippen LogP contribution >= 0.6 is 0 Å². The predicted molar refractivity (Wildman–Crippen MR) is 80.2 cm³/mol. The lowest BCUT2D eigenvalue weighted by Crippen LogP contribution is -2.53. The van der Waals surface area contributed by atoms with Crippen molar-refractivity contribution in [1.29, 1.82) is 0 Å². The maximum atomic E-state index is 13.3. The van der Waals surface area contributed by atoms with Crippen LogP contribution in [0.25, 0.3) is 0 Å². The van der Waals surface area contributed by atoms with E-state index >= 15 is 0 Å². The number of carbonyl (C=O) groups excluding carboxylic acids is 1. The summed E-state index contributed by atoms with van der Waals surface area (Å²) in [7, 11) is 0. The van der Waals surface area contributed by atoms with Crippen LogP contribution in [0.5, 0.6) is 0 Å². The molecule has 2 heterocycles. The van der Waals surface area contributed by atoms with E-state index in [0.717, 1.165) is 5.69 Å². The van der Waals surface area contributed by atoms with E-state index in [4.69, 9.17) is 4.74 Å². The SMILES string of the molecule is O=C([C@@H]1CN(c2cccc(F)c2)CCO1)N1CCC(O)CC1. The summed E-state index contributed by atoms with van der Waals surface area (Å²) >= 11 is 0. The zero-order chi connectivity index (χ0) is 15.5. The number of piperidine rings is 1. The van der Waals surface area contributed by atoms with Crippen LogP contribution in [0.2, 0.25) is 0 Å². The van der Waals surface area contributed by atoms with E-state index in [0.29, 0.717) is 45.6 Å². The Morgan fingerprint density at radius 1 is 1.27 bits per heavy atom. The van der Waals surface area contributed by atoms with Gasteiger partial charge >= 0.3 is 0 Å². The lowest BCUT2D eigenvalue weighted by atomic mass is 10.1. The minimum atomic E-state index is -0.521. The summed E-state index contributed by atoms with van der Waals surface area (Å²) < 4.78 is 19.0. The zero-order valence-electron chi connectivity index (χ0n) is 12.4. The number of aliphatic hydroxyl groups is 1. The molecule has 1 aromatic carbocycles. The molecule has 0 unspecified atom stereocenters. The highest BCUT2D eigenvalue weighted by atomic mass is 19.1. The first-order valence-electron chi connectivity index (χ1n) is 7.72. The van der Waals surface area contributed by atoms with E-state index in [1.54, 1.807) is 11.0 Å². The molecule has 0 aromatic heterocycles. The number of hydrogen-bond acceptors (Lipinski definition) is 4. The number of amides is 1. The molecule has 0 radical (unpaired) electrons. The standard InChI is InChI=1S/C16H21FN2O3/c17-12-2-1-3-13(10-12)19-8-9-22-15(11-19)16(21)18-6-4-14(20)5-7-18/h1-3,10,14-15,20H,4-9,11H2/t15-/m0/s1. The van der Waals surface area contributed by atoms with E-state index < -0.39 is 6.10 Å². The Morgan fingerprint density at radius 3 is 2.77 bits per heavy atom. The molecule has 1 atom stereocenters.